The van der Waals surface area contributed by atoms with Crippen molar-refractivity contribution in [3.63, 3.8) is 0 Å². The summed E-state index contributed by atoms with van der Waals surface area (Å²) in [5, 5.41) is 13.0. The molecule has 0 bridgehead atoms. The van der Waals surface area contributed by atoms with Gasteiger partial charge in [0.1, 0.15) is 5.54 Å². The van der Waals surface area contributed by atoms with E-state index in [0.29, 0.717) is 0 Å². The third kappa shape index (κ3) is 0.829. The van der Waals surface area contributed by atoms with Crippen LogP contribution < -0.4 is 0 Å². The molecule has 0 aromatic carbocycles. The van der Waals surface area contributed by atoms with Crippen LogP contribution in [0.2, 0.25) is 0 Å². The number of hydrogen-bond acceptors (Lipinski definition) is 2. The minimum Gasteiger partial charge on any atom is -0.252 e. The van der Waals surface area contributed by atoms with Gasteiger partial charge in [-0.25, -0.2) is 0 Å². The van der Waals surface area contributed by atoms with Crippen LogP contribution in [0.3, 0.4) is 0 Å². The topological polar surface area (TPSA) is 41.6 Å². The molecule has 2 rings (SSSR count). The lowest BCUT2D eigenvalue weighted by Gasteiger charge is -2.03. The zero-order chi connectivity index (χ0) is 7.90. The van der Waals surface area contributed by atoms with Crippen LogP contribution in [0.25, 0.3) is 0 Å². The summed E-state index contributed by atoms with van der Waals surface area (Å²) in [4.78, 5) is 0. The van der Waals surface area contributed by atoms with Crippen LogP contribution in [0, 0.1) is 18.3 Å². The van der Waals surface area contributed by atoms with Crippen molar-refractivity contribution in [1.29, 1.82) is 5.26 Å². The Hall–Kier alpha value is -1.30. The fraction of sp³-hybridized carbons (Fsp3) is 0.500. The fourth-order valence-corrected chi connectivity index (χ4v) is 1.16. The molecule has 56 valence electrons. The molecule has 0 saturated heterocycles. The van der Waals surface area contributed by atoms with Crippen LogP contribution in [0.1, 0.15) is 18.5 Å². The Morgan fingerprint density at radius 2 is 2.45 bits per heavy atom. The molecule has 1 aliphatic carbocycles. The molecule has 0 unspecified atom stereocenters. The van der Waals surface area contributed by atoms with E-state index in [1.807, 2.05) is 19.2 Å². The van der Waals surface area contributed by atoms with Gasteiger partial charge in [-0.05, 0) is 25.8 Å². The molecular weight excluding hydrogens is 138 g/mol. The second kappa shape index (κ2) is 1.85. The highest BCUT2D eigenvalue weighted by Gasteiger charge is 2.45. The van der Waals surface area contributed by atoms with Crippen molar-refractivity contribution in [1.82, 2.24) is 9.78 Å². The third-order valence-electron chi connectivity index (χ3n) is 2.09. The molecule has 0 spiro atoms. The Morgan fingerprint density at radius 1 is 1.73 bits per heavy atom. The molecule has 3 nitrogen and oxygen atoms in total. The third-order valence-corrected chi connectivity index (χ3v) is 2.09. The first-order valence-corrected chi connectivity index (χ1v) is 3.71. The summed E-state index contributed by atoms with van der Waals surface area (Å²) >= 11 is 0. The lowest BCUT2D eigenvalue weighted by molar-refractivity contribution is 0.532. The van der Waals surface area contributed by atoms with Gasteiger partial charge in [-0.3, -0.25) is 4.68 Å². The summed E-state index contributed by atoms with van der Waals surface area (Å²) in [5.74, 6) is 0. The van der Waals surface area contributed by atoms with E-state index in [-0.39, 0.29) is 5.54 Å². The Morgan fingerprint density at radius 3 is 2.82 bits per heavy atom. The van der Waals surface area contributed by atoms with Crippen LogP contribution in [0.4, 0.5) is 0 Å². The molecule has 1 aromatic rings. The van der Waals surface area contributed by atoms with Crippen molar-refractivity contribution >= 4 is 0 Å². The van der Waals surface area contributed by atoms with Crippen LogP contribution in [0.15, 0.2) is 12.3 Å². The monoisotopic (exact) mass is 147 g/mol. The number of nitriles is 1. The van der Waals surface area contributed by atoms with Gasteiger partial charge in [0.25, 0.3) is 0 Å². The van der Waals surface area contributed by atoms with E-state index in [2.05, 4.69) is 11.2 Å². The molecule has 0 N–H and O–H groups in total. The maximum absolute atomic E-state index is 8.81. The van der Waals surface area contributed by atoms with E-state index in [0.717, 1.165) is 18.5 Å². The van der Waals surface area contributed by atoms with Gasteiger partial charge < -0.3 is 0 Å². The maximum atomic E-state index is 8.81. The molecule has 1 saturated carbocycles. The van der Waals surface area contributed by atoms with Crippen LogP contribution in [-0.2, 0) is 5.54 Å². The van der Waals surface area contributed by atoms with E-state index in [9.17, 15) is 0 Å². The van der Waals surface area contributed by atoms with Crippen LogP contribution in [-0.4, -0.2) is 9.78 Å². The predicted molar refractivity (Wildman–Crippen MR) is 39.8 cm³/mol. The molecule has 0 amide bonds. The zero-order valence-electron chi connectivity index (χ0n) is 6.41. The zero-order valence-corrected chi connectivity index (χ0v) is 6.41. The molecule has 11 heavy (non-hydrogen) atoms. The summed E-state index contributed by atoms with van der Waals surface area (Å²) in [6.07, 6.45) is 3.78. The number of rotatable bonds is 1. The maximum Gasteiger partial charge on any atom is 0.149 e. The van der Waals surface area contributed by atoms with Crippen molar-refractivity contribution in [2.24, 2.45) is 0 Å². The minimum absolute atomic E-state index is 0.283. The molecule has 0 aliphatic heterocycles. The highest BCUT2D eigenvalue weighted by atomic mass is 15.3. The number of hydrogen-bond donors (Lipinski definition) is 0. The molecule has 0 atom stereocenters. The summed E-state index contributed by atoms with van der Waals surface area (Å²) in [5.41, 5.74) is 0.695. The Bertz CT molecular complexity index is 314. The van der Waals surface area contributed by atoms with Crippen molar-refractivity contribution in [3.05, 3.63) is 18.0 Å². The largest absolute Gasteiger partial charge is 0.252 e. The van der Waals surface area contributed by atoms with Crippen molar-refractivity contribution in [2.45, 2.75) is 25.3 Å². The highest BCUT2D eigenvalue weighted by molar-refractivity contribution is 5.16. The van der Waals surface area contributed by atoms with Crippen LogP contribution in [0.5, 0.6) is 0 Å². The Kier molecular flexibility index (Phi) is 1.08. The summed E-state index contributed by atoms with van der Waals surface area (Å²) < 4.78 is 1.78. The molecule has 3 heteroatoms. The molecule has 1 aliphatic rings. The predicted octanol–water partition coefficient (Wildman–Crippen LogP) is 1.20. The standard InChI is InChI=1S/C8H9N3/c1-7-2-5-11(10-7)8(6-9)3-4-8/h2,5H,3-4H2,1H3. The quantitative estimate of drug-likeness (QED) is 0.599. The van der Waals surface area contributed by atoms with E-state index >= 15 is 0 Å². The first-order chi connectivity index (χ1) is 5.27. The minimum atomic E-state index is -0.283. The molecule has 1 fully saturated rings. The van der Waals surface area contributed by atoms with Crippen molar-refractivity contribution in [3.8, 4) is 6.07 Å². The molecular formula is C8H9N3. The number of nitrogens with zero attached hydrogens (tertiary/aromatic N) is 3. The second-order valence-corrected chi connectivity index (χ2v) is 3.05. The Labute approximate surface area is 65.3 Å². The fourth-order valence-electron chi connectivity index (χ4n) is 1.16. The van der Waals surface area contributed by atoms with Gasteiger partial charge in [0.15, 0.2) is 0 Å². The van der Waals surface area contributed by atoms with Gasteiger partial charge in [-0.2, -0.15) is 10.4 Å². The van der Waals surface area contributed by atoms with Crippen molar-refractivity contribution < 1.29 is 0 Å². The van der Waals surface area contributed by atoms with Crippen molar-refractivity contribution in [2.75, 3.05) is 0 Å². The summed E-state index contributed by atoms with van der Waals surface area (Å²) in [7, 11) is 0. The molecule has 0 radical (unpaired) electrons. The average Bonchev–Trinajstić information content (AvgIpc) is 2.70. The van der Waals surface area contributed by atoms with E-state index in [1.54, 1.807) is 4.68 Å². The van der Waals surface area contributed by atoms with Gasteiger partial charge in [0.2, 0.25) is 0 Å². The first-order valence-electron chi connectivity index (χ1n) is 3.71. The SMILES string of the molecule is Cc1ccn(C2(C#N)CC2)n1. The number of aryl methyl sites for hydroxylation is 1. The van der Waals surface area contributed by atoms with Gasteiger partial charge >= 0.3 is 0 Å². The summed E-state index contributed by atoms with van der Waals surface area (Å²) in [6.45, 7) is 1.93. The smallest absolute Gasteiger partial charge is 0.149 e. The van der Waals surface area contributed by atoms with Gasteiger partial charge in [-0.1, -0.05) is 0 Å². The lowest BCUT2D eigenvalue weighted by atomic mass is 10.3. The van der Waals surface area contributed by atoms with Gasteiger partial charge in [0, 0.05) is 6.20 Å². The second-order valence-electron chi connectivity index (χ2n) is 3.05. The van der Waals surface area contributed by atoms with Crippen LogP contribution >= 0.6 is 0 Å². The summed E-state index contributed by atoms with van der Waals surface area (Å²) in [6, 6.07) is 4.21. The van der Waals surface area contributed by atoms with E-state index in [4.69, 9.17) is 5.26 Å². The average molecular weight is 147 g/mol. The van der Waals surface area contributed by atoms with E-state index < -0.39 is 0 Å². The lowest BCUT2D eigenvalue weighted by Crippen LogP contribution is -2.14. The van der Waals surface area contributed by atoms with Gasteiger partial charge in [-0.15, -0.1) is 0 Å². The normalized spacial score (nSPS) is 19.3. The molecule has 1 heterocycles. The molecule has 1 aromatic heterocycles. The number of aromatic nitrogens is 2. The first kappa shape index (κ1) is 6.41. The Balaban J connectivity index is 2.38. The highest BCUT2D eigenvalue weighted by Crippen LogP contribution is 2.41. The van der Waals surface area contributed by atoms with Gasteiger partial charge in [0.05, 0.1) is 11.8 Å². The van der Waals surface area contributed by atoms with E-state index in [1.165, 1.54) is 0 Å².